The molecule has 4 aromatic rings. The molecule has 33 heavy (non-hydrogen) atoms. The maximum Gasteiger partial charge on any atom is 0.100 e. The third-order valence-electron chi connectivity index (χ3n) is 7.16. The van der Waals surface area contributed by atoms with Crippen LogP contribution in [0.2, 0.25) is 0 Å². The van der Waals surface area contributed by atoms with Crippen LogP contribution in [-0.2, 0) is 0 Å². The van der Waals surface area contributed by atoms with Crippen molar-refractivity contribution >= 4 is 27.5 Å². The van der Waals surface area contributed by atoms with Gasteiger partial charge in [0.25, 0.3) is 0 Å². The molecule has 0 spiro atoms. The Kier molecular flexibility index (Phi) is 4.84. The van der Waals surface area contributed by atoms with Crippen molar-refractivity contribution in [1.29, 1.82) is 5.26 Å². The van der Waals surface area contributed by atoms with Crippen molar-refractivity contribution in [3.05, 3.63) is 75.1 Å². The molecule has 1 fully saturated rings. The first kappa shape index (κ1) is 21.0. The average molecular weight is 431 g/mol. The molecule has 1 aliphatic heterocycles. The molecule has 1 aliphatic rings. The highest BCUT2D eigenvalue weighted by molar-refractivity contribution is 6.07. The Morgan fingerprint density at radius 1 is 0.909 bits per heavy atom. The van der Waals surface area contributed by atoms with Crippen LogP contribution in [0.5, 0.6) is 0 Å². The summed E-state index contributed by atoms with van der Waals surface area (Å²) in [6.07, 6.45) is 5.65. The minimum atomic E-state index is 0.392. The summed E-state index contributed by atoms with van der Waals surface area (Å²) in [5.41, 5.74) is 11.3. The van der Waals surface area contributed by atoms with Crippen LogP contribution >= 0.6 is 0 Å². The van der Waals surface area contributed by atoms with Crippen molar-refractivity contribution in [2.45, 2.75) is 40.5 Å². The quantitative estimate of drug-likeness (QED) is 0.299. The summed E-state index contributed by atoms with van der Waals surface area (Å²) in [6.45, 7) is 12.3. The fraction of sp³-hybridized carbons (Fsp3) is 0.276. The molecule has 4 heteroatoms. The van der Waals surface area contributed by atoms with Gasteiger partial charge in [-0.1, -0.05) is 12.0 Å². The number of benzene rings is 2. The van der Waals surface area contributed by atoms with Crippen molar-refractivity contribution < 1.29 is 0 Å². The molecule has 0 N–H and O–H groups in total. The fourth-order valence-electron chi connectivity index (χ4n) is 5.07. The van der Waals surface area contributed by atoms with Crippen LogP contribution in [0.15, 0.2) is 30.3 Å². The van der Waals surface area contributed by atoms with Gasteiger partial charge >= 0.3 is 0 Å². The minimum absolute atomic E-state index is 0.392. The Balaban J connectivity index is 1.53. The lowest BCUT2D eigenvalue weighted by atomic mass is 9.85. The molecule has 3 heterocycles. The predicted molar refractivity (Wildman–Crippen MR) is 135 cm³/mol. The lowest BCUT2D eigenvalue weighted by Crippen LogP contribution is -2.45. The SMILES string of the molecule is C#Cc1cc(C2CN(c3cc4c(C)c(C)c5ccc(C)nc5c4nc3C)C2)c(C)cc1C#N. The van der Waals surface area contributed by atoms with Crippen LogP contribution in [0, 0.1) is 58.3 Å². The molecule has 0 radical (unpaired) electrons. The Bertz CT molecular complexity index is 1540. The second kappa shape index (κ2) is 7.61. The van der Waals surface area contributed by atoms with Crippen LogP contribution in [-0.4, -0.2) is 23.1 Å². The minimum Gasteiger partial charge on any atom is -0.369 e. The van der Waals surface area contributed by atoms with E-state index in [0.29, 0.717) is 17.0 Å². The highest BCUT2D eigenvalue weighted by Crippen LogP contribution is 2.38. The number of hydrogen-bond acceptors (Lipinski definition) is 4. The molecule has 0 amide bonds. The van der Waals surface area contributed by atoms with E-state index in [9.17, 15) is 5.26 Å². The van der Waals surface area contributed by atoms with Gasteiger partial charge in [0.2, 0.25) is 0 Å². The zero-order valence-corrected chi connectivity index (χ0v) is 19.7. The Hall–Kier alpha value is -3.89. The summed E-state index contributed by atoms with van der Waals surface area (Å²) in [4.78, 5) is 12.3. The molecule has 162 valence electrons. The molecule has 5 rings (SSSR count). The Morgan fingerprint density at radius 2 is 1.61 bits per heavy atom. The van der Waals surface area contributed by atoms with Gasteiger partial charge in [0.1, 0.15) is 6.07 Å². The second-order valence-electron chi connectivity index (χ2n) is 9.20. The van der Waals surface area contributed by atoms with Gasteiger partial charge in [0, 0.05) is 41.0 Å². The highest BCUT2D eigenvalue weighted by atomic mass is 15.2. The number of rotatable bonds is 2. The van der Waals surface area contributed by atoms with E-state index in [0.717, 1.165) is 41.1 Å². The Morgan fingerprint density at radius 3 is 2.30 bits per heavy atom. The summed E-state index contributed by atoms with van der Waals surface area (Å²) in [6, 6.07) is 12.7. The number of fused-ring (bicyclic) bond motifs is 3. The maximum atomic E-state index is 9.34. The zero-order valence-electron chi connectivity index (χ0n) is 19.7. The van der Waals surface area contributed by atoms with Crippen molar-refractivity contribution in [2.24, 2.45) is 0 Å². The molecule has 0 saturated carbocycles. The van der Waals surface area contributed by atoms with Gasteiger partial charge in [-0.25, -0.2) is 4.98 Å². The second-order valence-corrected chi connectivity index (χ2v) is 9.20. The summed E-state index contributed by atoms with van der Waals surface area (Å²) < 4.78 is 0. The first-order chi connectivity index (χ1) is 15.8. The van der Waals surface area contributed by atoms with Gasteiger partial charge in [-0.2, -0.15) is 5.26 Å². The lowest BCUT2D eigenvalue weighted by molar-refractivity contribution is 0.521. The number of terminal acetylenes is 1. The third-order valence-corrected chi connectivity index (χ3v) is 7.16. The highest BCUT2D eigenvalue weighted by Gasteiger charge is 2.31. The molecule has 0 bridgehead atoms. The van der Waals surface area contributed by atoms with E-state index >= 15 is 0 Å². The number of aryl methyl sites for hydroxylation is 5. The van der Waals surface area contributed by atoms with Gasteiger partial charge in [-0.15, -0.1) is 6.42 Å². The number of nitriles is 1. The summed E-state index contributed by atoms with van der Waals surface area (Å²) in [5.74, 6) is 3.06. The largest absolute Gasteiger partial charge is 0.369 e. The topological polar surface area (TPSA) is 52.8 Å². The van der Waals surface area contributed by atoms with Crippen LogP contribution in [0.4, 0.5) is 5.69 Å². The van der Waals surface area contributed by atoms with E-state index in [-0.39, 0.29) is 0 Å². The van der Waals surface area contributed by atoms with E-state index in [1.54, 1.807) is 0 Å². The number of aromatic nitrogens is 2. The van der Waals surface area contributed by atoms with Gasteiger partial charge in [0.15, 0.2) is 0 Å². The average Bonchev–Trinajstić information content (AvgIpc) is 2.77. The van der Waals surface area contributed by atoms with Gasteiger partial charge < -0.3 is 4.90 Å². The molecule has 2 aromatic heterocycles. The summed E-state index contributed by atoms with van der Waals surface area (Å²) >= 11 is 0. The van der Waals surface area contributed by atoms with Crippen molar-refractivity contribution in [2.75, 3.05) is 18.0 Å². The number of hydrogen-bond donors (Lipinski definition) is 0. The van der Waals surface area contributed by atoms with Crippen LogP contribution in [0.25, 0.3) is 21.8 Å². The smallest absolute Gasteiger partial charge is 0.100 e. The zero-order chi connectivity index (χ0) is 23.4. The molecule has 4 nitrogen and oxygen atoms in total. The molecule has 0 unspecified atom stereocenters. The van der Waals surface area contributed by atoms with Gasteiger partial charge in [0.05, 0.1) is 28.0 Å². The van der Waals surface area contributed by atoms with Crippen LogP contribution < -0.4 is 4.90 Å². The van der Waals surface area contributed by atoms with Crippen LogP contribution in [0.3, 0.4) is 0 Å². The lowest BCUT2D eigenvalue weighted by Gasteiger charge is -2.42. The van der Waals surface area contributed by atoms with E-state index in [1.165, 1.54) is 33.2 Å². The van der Waals surface area contributed by atoms with Crippen molar-refractivity contribution in [3.63, 3.8) is 0 Å². The van der Waals surface area contributed by atoms with Crippen molar-refractivity contribution in [1.82, 2.24) is 9.97 Å². The van der Waals surface area contributed by atoms with E-state index < -0.39 is 0 Å². The van der Waals surface area contributed by atoms with Gasteiger partial charge in [-0.05, 0) is 81.1 Å². The monoisotopic (exact) mass is 430 g/mol. The third kappa shape index (κ3) is 3.22. The summed E-state index contributed by atoms with van der Waals surface area (Å²) in [7, 11) is 0. The number of pyridine rings is 2. The number of nitrogens with zero attached hydrogens (tertiary/aromatic N) is 4. The predicted octanol–water partition coefficient (Wildman–Crippen LogP) is 5.78. The molecular weight excluding hydrogens is 404 g/mol. The Labute approximate surface area is 194 Å². The number of anilines is 1. The first-order valence-corrected chi connectivity index (χ1v) is 11.3. The first-order valence-electron chi connectivity index (χ1n) is 11.3. The van der Waals surface area contributed by atoms with Gasteiger partial charge in [-0.3, -0.25) is 4.98 Å². The molecule has 1 saturated heterocycles. The van der Waals surface area contributed by atoms with Crippen molar-refractivity contribution in [3.8, 4) is 18.4 Å². The normalized spacial score (nSPS) is 13.7. The standard InChI is InChI=1S/C29H26N4/c1-7-21-11-25(16(2)10-22(21)13-30)23-14-33(15-23)27-12-26-19(5)18(4)24-9-8-17(3)31-28(24)29(26)32-20(27)6/h1,8-12,23H,14-15H2,2-6H3. The molecule has 2 aromatic carbocycles. The van der Waals surface area contributed by atoms with Crippen LogP contribution in [0.1, 0.15) is 50.7 Å². The fourth-order valence-corrected chi connectivity index (χ4v) is 5.07. The van der Waals surface area contributed by atoms with E-state index in [2.05, 4.69) is 62.8 Å². The maximum absolute atomic E-state index is 9.34. The molecule has 0 aliphatic carbocycles. The molecule has 0 atom stereocenters. The molecular formula is C29H26N4. The van der Waals surface area contributed by atoms with E-state index in [4.69, 9.17) is 16.4 Å². The summed E-state index contributed by atoms with van der Waals surface area (Å²) in [5, 5.41) is 11.7. The van der Waals surface area contributed by atoms with E-state index in [1.807, 2.05) is 19.1 Å².